The van der Waals surface area contributed by atoms with Gasteiger partial charge in [-0.25, -0.2) is 0 Å². The van der Waals surface area contributed by atoms with Gasteiger partial charge in [0, 0.05) is 0 Å². The molecule has 0 fully saturated rings. The van der Waals surface area contributed by atoms with Crippen LogP contribution in [-0.4, -0.2) is 98.4 Å². The summed E-state index contributed by atoms with van der Waals surface area (Å²) in [4.78, 5) is 0. The zero-order chi connectivity index (χ0) is 13.5. The second kappa shape index (κ2) is 10.2. The Kier molecular flexibility index (Phi) is 16.6. The van der Waals surface area contributed by atoms with E-state index in [9.17, 15) is 0 Å². The maximum atomic E-state index is 8.94. The van der Waals surface area contributed by atoms with Crippen LogP contribution in [0.1, 0.15) is 0 Å². The molecule has 0 saturated carbocycles. The third-order valence-electron chi connectivity index (χ3n) is 0. The molecule has 1 atom stereocenters. The molecule has 104 valence electrons. The van der Waals surface area contributed by atoms with Crippen molar-refractivity contribution in [3.05, 3.63) is 0 Å². The fourth-order valence-corrected chi connectivity index (χ4v) is 0. The molecule has 0 spiro atoms. The first-order valence-corrected chi connectivity index (χ1v) is 12.2. The molecule has 16 heteroatoms. The van der Waals surface area contributed by atoms with Crippen molar-refractivity contribution in [2.24, 2.45) is 0 Å². The van der Waals surface area contributed by atoms with Crippen LogP contribution in [0.2, 0.25) is 0 Å². The Morgan fingerprint density at radius 3 is 0.438 bits per heavy atom. The first-order chi connectivity index (χ1) is 6.00. The first-order valence-electron chi connectivity index (χ1n) is 2.35. The molecule has 0 aliphatic carbocycles. The fourth-order valence-electron chi connectivity index (χ4n) is 0. The van der Waals surface area contributed by atoms with Gasteiger partial charge in [0.25, 0.3) is 0 Å². The number of rotatable bonds is 0. The normalized spacial score (nSPS) is 11.1. The molecule has 0 aliphatic heterocycles. The molecule has 0 saturated heterocycles. The number of hydrogen-bond acceptors (Lipinski definition) is 3. The zero-order valence-electron chi connectivity index (χ0n) is 7.30. The van der Waals surface area contributed by atoms with Crippen LogP contribution in [0.4, 0.5) is 0 Å². The van der Waals surface area contributed by atoms with Crippen LogP contribution in [0.3, 0.4) is 0 Å². The Morgan fingerprint density at radius 2 is 0.438 bits per heavy atom. The maximum absolute atomic E-state index is 8.94. The summed E-state index contributed by atoms with van der Waals surface area (Å²) >= 11 is -15.4. The predicted octanol–water partition coefficient (Wildman–Crippen LogP) is -7.70. The summed E-state index contributed by atoms with van der Waals surface area (Å²) in [5, 5.41) is 0. The van der Waals surface area contributed by atoms with Crippen molar-refractivity contribution in [2.45, 2.75) is 0 Å². The van der Waals surface area contributed by atoms with Crippen molar-refractivity contribution in [3.63, 3.8) is 0 Å². The molecule has 0 amide bonds. The molecule has 0 aromatic rings. The van der Waals surface area contributed by atoms with Crippen LogP contribution in [0.15, 0.2) is 0 Å². The molecular formula is H12As4O12. The van der Waals surface area contributed by atoms with E-state index in [-0.39, 0.29) is 18.0 Å². The summed E-state index contributed by atoms with van der Waals surface area (Å²) in [6.07, 6.45) is 0. The van der Waals surface area contributed by atoms with Gasteiger partial charge in [0.2, 0.25) is 0 Å². The summed E-state index contributed by atoms with van der Waals surface area (Å²) in [5.41, 5.74) is 0. The van der Waals surface area contributed by atoms with Crippen LogP contribution < -0.4 is 0 Å². The van der Waals surface area contributed by atoms with Gasteiger partial charge in [0.1, 0.15) is 0 Å². The van der Waals surface area contributed by atoms with Crippen molar-refractivity contribution in [2.75, 3.05) is 0 Å². The Hall–Kier alpha value is 1.27. The Bertz CT molecular complexity index is 199. The van der Waals surface area contributed by atoms with Gasteiger partial charge in [-0.05, 0) is 0 Å². The molecule has 0 bridgehead atoms. The van der Waals surface area contributed by atoms with Gasteiger partial charge in [0.15, 0.2) is 0 Å². The van der Waals surface area contributed by atoms with E-state index < -0.39 is 43.5 Å². The quantitative estimate of drug-likeness (QED) is 0.140. The zero-order valence-corrected chi connectivity index (χ0v) is 15.9. The SMILES string of the molecule is O=[As](O)(O)O.O=[As](O)(O)O.O=[As](O)(O)O.[AsH3]. The molecule has 16 heavy (non-hydrogen) atoms. The summed E-state index contributed by atoms with van der Waals surface area (Å²) in [6, 6.07) is 0. The molecule has 0 aromatic carbocycles. The van der Waals surface area contributed by atoms with Crippen LogP contribution >= 0.6 is 0 Å². The van der Waals surface area contributed by atoms with E-state index in [0.29, 0.717) is 0 Å². The third kappa shape index (κ3) is 1920. The molecule has 1 unspecified atom stereocenters. The van der Waals surface area contributed by atoms with Crippen molar-refractivity contribution in [1.82, 2.24) is 0 Å². The molecule has 0 rings (SSSR count). The standard InChI is InChI=1S/3AsH3O4.AsH3/c3*2-1(3,4)5;/h3*(H3,2,3,4,5);1H3. The van der Waals surface area contributed by atoms with Gasteiger partial charge in [-0.1, -0.05) is 0 Å². The van der Waals surface area contributed by atoms with Crippen LogP contribution in [-0.2, 0) is 11.2 Å². The molecule has 0 heterocycles. The van der Waals surface area contributed by atoms with Gasteiger partial charge in [-0.15, -0.1) is 0 Å². The Morgan fingerprint density at radius 1 is 0.438 bits per heavy atom. The average molecular weight is 504 g/mol. The summed E-state index contributed by atoms with van der Waals surface area (Å²) in [5.74, 6) is 0. The second-order valence-electron chi connectivity index (χ2n) is 1.54. The average Bonchev–Trinajstić information content (AvgIpc) is 1.41. The molecular weight excluding hydrogens is 492 g/mol. The minimum atomic E-state index is -5.12. The molecule has 9 N–H and O–H groups in total. The van der Waals surface area contributed by atoms with E-state index in [2.05, 4.69) is 0 Å². The molecule has 0 aliphatic rings. The van der Waals surface area contributed by atoms with Crippen molar-refractivity contribution in [1.29, 1.82) is 0 Å². The van der Waals surface area contributed by atoms with Gasteiger partial charge < -0.3 is 0 Å². The summed E-state index contributed by atoms with van der Waals surface area (Å²) in [6.45, 7) is 0. The predicted molar refractivity (Wildman–Crippen MR) is 49.2 cm³/mol. The monoisotopic (exact) mass is 504 g/mol. The van der Waals surface area contributed by atoms with Gasteiger partial charge >= 0.3 is 110 Å². The van der Waals surface area contributed by atoms with E-state index in [0.717, 1.165) is 0 Å². The first kappa shape index (κ1) is 26.0. The van der Waals surface area contributed by atoms with Crippen molar-refractivity contribution in [3.8, 4) is 0 Å². The van der Waals surface area contributed by atoms with Gasteiger partial charge in [-0.3, -0.25) is 0 Å². The molecule has 12 nitrogen and oxygen atoms in total. The van der Waals surface area contributed by atoms with E-state index in [1.165, 1.54) is 0 Å². The van der Waals surface area contributed by atoms with Crippen LogP contribution in [0.5, 0.6) is 0 Å². The van der Waals surface area contributed by atoms with E-state index in [1.807, 2.05) is 0 Å². The van der Waals surface area contributed by atoms with E-state index in [4.69, 9.17) is 48.1 Å². The van der Waals surface area contributed by atoms with E-state index in [1.54, 1.807) is 0 Å². The molecule has 0 radical (unpaired) electrons. The number of hydrogen-bond donors (Lipinski definition) is 9. The van der Waals surface area contributed by atoms with Crippen molar-refractivity contribution < 1.29 is 48.1 Å². The second-order valence-corrected chi connectivity index (χ2v) is 8.00. The fraction of sp³-hybridized carbons (Fsp3) is 0. The third-order valence-corrected chi connectivity index (χ3v) is 0. The van der Waals surface area contributed by atoms with Crippen LogP contribution in [0.25, 0.3) is 0 Å². The van der Waals surface area contributed by atoms with Crippen LogP contribution in [0, 0.1) is 0 Å². The summed E-state index contributed by atoms with van der Waals surface area (Å²) in [7, 11) is 0. The summed E-state index contributed by atoms with van der Waals surface area (Å²) < 4.78 is 92.1. The Balaban J connectivity index is -0.0000000655. The van der Waals surface area contributed by atoms with Gasteiger partial charge in [-0.2, -0.15) is 0 Å². The molecule has 0 aromatic heterocycles. The minimum absolute atomic E-state index is 0. The van der Waals surface area contributed by atoms with E-state index >= 15 is 0 Å². The van der Waals surface area contributed by atoms with Crippen molar-refractivity contribution >= 4 is 61.5 Å². The Labute approximate surface area is 109 Å². The topological polar surface area (TPSA) is 233 Å². The van der Waals surface area contributed by atoms with Gasteiger partial charge in [0.05, 0.1) is 0 Å².